The van der Waals surface area contributed by atoms with Gasteiger partial charge in [0.1, 0.15) is 5.76 Å². The quantitative estimate of drug-likeness (QED) is 0.305. The van der Waals surface area contributed by atoms with E-state index in [4.69, 9.17) is 23.6 Å². The molecule has 2 aliphatic rings. The highest BCUT2D eigenvalue weighted by molar-refractivity contribution is 5.79. The van der Waals surface area contributed by atoms with Gasteiger partial charge in [0, 0.05) is 64.8 Å². The van der Waals surface area contributed by atoms with Crippen molar-refractivity contribution in [1.29, 1.82) is 0 Å². The van der Waals surface area contributed by atoms with Crippen molar-refractivity contribution in [2.24, 2.45) is 10.9 Å². The molecule has 8 heteroatoms. The molecule has 0 saturated carbocycles. The van der Waals surface area contributed by atoms with Crippen molar-refractivity contribution >= 4 is 5.96 Å². The predicted octanol–water partition coefficient (Wildman–Crippen LogP) is 1.13. The number of morpholine rings is 1. The van der Waals surface area contributed by atoms with Crippen LogP contribution in [0, 0.1) is 5.92 Å². The van der Waals surface area contributed by atoms with Crippen LogP contribution in [0.15, 0.2) is 27.8 Å². The van der Waals surface area contributed by atoms with Gasteiger partial charge in [-0.15, -0.1) is 0 Å². The maximum Gasteiger partial charge on any atom is 0.191 e. The molecule has 2 aliphatic heterocycles. The van der Waals surface area contributed by atoms with E-state index in [2.05, 4.69) is 15.5 Å². The molecule has 3 rings (SSSR count). The number of furan rings is 1. The number of nitrogens with zero attached hydrogens (tertiary/aromatic N) is 2. The van der Waals surface area contributed by atoms with Crippen LogP contribution in [0.25, 0.3) is 0 Å². The molecule has 0 amide bonds. The third kappa shape index (κ3) is 9.16. The van der Waals surface area contributed by atoms with Crippen molar-refractivity contribution in [2.75, 3.05) is 78.9 Å². The Morgan fingerprint density at radius 2 is 2.07 bits per heavy atom. The van der Waals surface area contributed by atoms with Gasteiger partial charge in [-0.05, 0) is 25.0 Å². The Hall–Kier alpha value is -1.61. The van der Waals surface area contributed by atoms with Gasteiger partial charge in [0.25, 0.3) is 0 Å². The summed E-state index contributed by atoms with van der Waals surface area (Å²) in [5.74, 6) is 2.41. The Morgan fingerprint density at radius 1 is 1.17 bits per heavy atom. The summed E-state index contributed by atoms with van der Waals surface area (Å²) >= 11 is 0. The van der Waals surface area contributed by atoms with Crippen LogP contribution in [0.1, 0.15) is 18.6 Å². The summed E-state index contributed by atoms with van der Waals surface area (Å²) in [6.45, 7) is 10.3. The highest BCUT2D eigenvalue weighted by atomic mass is 16.5. The lowest BCUT2D eigenvalue weighted by molar-refractivity contribution is 0.0389. The highest BCUT2D eigenvalue weighted by Crippen LogP contribution is 2.12. The van der Waals surface area contributed by atoms with E-state index in [1.165, 1.54) is 0 Å². The van der Waals surface area contributed by atoms with Gasteiger partial charge in [0.15, 0.2) is 5.96 Å². The second-order valence-corrected chi connectivity index (χ2v) is 7.53. The van der Waals surface area contributed by atoms with Crippen LogP contribution in [0.4, 0.5) is 0 Å². The van der Waals surface area contributed by atoms with Gasteiger partial charge >= 0.3 is 0 Å². The smallest absolute Gasteiger partial charge is 0.191 e. The van der Waals surface area contributed by atoms with Crippen LogP contribution in [0.5, 0.6) is 0 Å². The molecule has 8 nitrogen and oxygen atoms in total. The number of aliphatic imine (C=N–C) groups is 1. The van der Waals surface area contributed by atoms with Gasteiger partial charge in [0.2, 0.25) is 0 Å². The van der Waals surface area contributed by atoms with Gasteiger partial charge in [-0.1, -0.05) is 0 Å². The molecule has 0 bridgehead atoms. The highest BCUT2D eigenvalue weighted by Gasteiger charge is 2.15. The zero-order valence-electron chi connectivity index (χ0n) is 17.4. The minimum atomic E-state index is 0.569. The maximum atomic E-state index is 5.77. The van der Waals surface area contributed by atoms with Gasteiger partial charge in [-0.3, -0.25) is 9.89 Å². The predicted molar refractivity (Wildman–Crippen MR) is 112 cm³/mol. The second kappa shape index (κ2) is 13.6. The van der Waals surface area contributed by atoms with Crippen LogP contribution >= 0.6 is 0 Å². The second-order valence-electron chi connectivity index (χ2n) is 7.53. The third-order valence-corrected chi connectivity index (χ3v) is 5.16. The Kier molecular flexibility index (Phi) is 10.3. The molecule has 2 N–H and O–H groups in total. The van der Waals surface area contributed by atoms with Crippen molar-refractivity contribution < 1.29 is 18.6 Å². The fourth-order valence-corrected chi connectivity index (χ4v) is 3.41. The van der Waals surface area contributed by atoms with E-state index in [1.807, 2.05) is 12.1 Å². The Morgan fingerprint density at radius 3 is 2.86 bits per heavy atom. The molecule has 2 saturated heterocycles. The molecule has 1 aromatic rings. The van der Waals surface area contributed by atoms with Crippen LogP contribution < -0.4 is 10.6 Å². The van der Waals surface area contributed by atoms with Crippen molar-refractivity contribution in [3.8, 4) is 0 Å². The molecule has 164 valence electrons. The van der Waals surface area contributed by atoms with Gasteiger partial charge in [-0.25, -0.2) is 0 Å². The third-order valence-electron chi connectivity index (χ3n) is 5.16. The number of nitrogens with one attached hydrogen (secondary N) is 2. The zero-order valence-corrected chi connectivity index (χ0v) is 17.4. The Bertz CT molecular complexity index is 555. The monoisotopic (exact) mass is 408 g/mol. The van der Waals surface area contributed by atoms with E-state index < -0.39 is 0 Å². The topological polar surface area (TPSA) is 80.5 Å². The zero-order chi connectivity index (χ0) is 20.0. The average Bonchev–Trinajstić information content (AvgIpc) is 3.45. The molecule has 0 aromatic carbocycles. The number of hydrogen-bond acceptors (Lipinski definition) is 6. The first-order valence-electron chi connectivity index (χ1n) is 10.9. The van der Waals surface area contributed by atoms with E-state index in [9.17, 15) is 0 Å². The molecular weight excluding hydrogens is 372 g/mol. The Balaban J connectivity index is 1.32. The summed E-state index contributed by atoms with van der Waals surface area (Å²) in [5.41, 5.74) is 0. The van der Waals surface area contributed by atoms with Gasteiger partial charge < -0.3 is 29.3 Å². The van der Waals surface area contributed by atoms with E-state index in [0.717, 1.165) is 110 Å². The van der Waals surface area contributed by atoms with Crippen LogP contribution in [0.3, 0.4) is 0 Å². The molecule has 0 radical (unpaired) electrons. The SMILES string of the molecule is c1coc(CCNC(=NCCCOCC2CCOC2)NCCN2CCOCC2)c1. The lowest BCUT2D eigenvalue weighted by Gasteiger charge is -2.26. The summed E-state index contributed by atoms with van der Waals surface area (Å²) in [6.07, 6.45) is 4.59. The van der Waals surface area contributed by atoms with Crippen molar-refractivity contribution in [3.63, 3.8) is 0 Å². The average molecular weight is 409 g/mol. The van der Waals surface area contributed by atoms with E-state index >= 15 is 0 Å². The maximum absolute atomic E-state index is 5.77. The van der Waals surface area contributed by atoms with Crippen molar-refractivity contribution in [3.05, 3.63) is 24.2 Å². The number of hydrogen-bond donors (Lipinski definition) is 2. The first-order valence-corrected chi connectivity index (χ1v) is 10.9. The molecule has 1 atom stereocenters. The van der Waals surface area contributed by atoms with E-state index in [0.29, 0.717) is 5.92 Å². The lowest BCUT2D eigenvalue weighted by atomic mass is 10.1. The van der Waals surface area contributed by atoms with Gasteiger partial charge in [0.05, 0.1) is 32.7 Å². The van der Waals surface area contributed by atoms with Crippen molar-refractivity contribution in [2.45, 2.75) is 19.3 Å². The molecule has 2 fully saturated rings. The normalized spacial score (nSPS) is 20.8. The summed E-state index contributed by atoms with van der Waals surface area (Å²) in [6, 6.07) is 3.92. The molecule has 1 unspecified atom stereocenters. The van der Waals surface area contributed by atoms with E-state index in [-0.39, 0.29) is 0 Å². The Labute approximate surface area is 174 Å². The standard InChI is InChI=1S/C21H36N4O4/c1-3-20(29-13-1)4-7-23-21(24-8-9-25-10-15-26-16-11-25)22-6-2-12-27-17-19-5-14-28-18-19/h1,3,13,19H,2,4-12,14-18H2,(H2,22,23,24). The minimum absolute atomic E-state index is 0.569. The minimum Gasteiger partial charge on any atom is -0.469 e. The molecule has 0 spiro atoms. The fraction of sp³-hybridized carbons (Fsp3) is 0.762. The molecule has 3 heterocycles. The summed E-state index contributed by atoms with van der Waals surface area (Å²) in [4.78, 5) is 7.12. The summed E-state index contributed by atoms with van der Waals surface area (Å²) in [7, 11) is 0. The first kappa shape index (κ1) is 22.1. The molecular formula is C21H36N4O4. The number of rotatable bonds is 12. The summed E-state index contributed by atoms with van der Waals surface area (Å²) in [5, 5.41) is 6.86. The van der Waals surface area contributed by atoms with Crippen LogP contribution in [-0.2, 0) is 20.6 Å². The largest absolute Gasteiger partial charge is 0.469 e. The van der Waals surface area contributed by atoms with Crippen LogP contribution in [0.2, 0.25) is 0 Å². The summed E-state index contributed by atoms with van der Waals surface area (Å²) < 4.78 is 22.0. The number of ether oxygens (including phenoxy) is 3. The van der Waals surface area contributed by atoms with Crippen molar-refractivity contribution in [1.82, 2.24) is 15.5 Å². The number of guanidine groups is 1. The molecule has 1 aromatic heterocycles. The molecule has 0 aliphatic carbocycles. The molecule has 29 heavy (non-hydrogen) atoms. The van der Waals surface area contributed by atoms with Gasteiger partial charge in [-0.2, -0.15) is 0 Å². The van der Waals surface area contributed by atoms with Crippen LogP contribution in [-0.4, -0.2) is 89.8 Å². The first-order chi connectivity index (χ1) is 14.4. The van der Waals surface area contributed by atoms with E-state index in [1.54, 1.807) is 6.26 Å². The lowest BCUT2D eigenvalue weighted by Crippen LogP contribution is -2.44. The fourth-order valence-electron chi connectivity index (χ4n) is 3.41.